The number of fused-ring (bicyclic) bond motifs is 2. The molecule has 0 spiro atoms. The van der Waals surface area contributed by atoms with Gasteiger partial charge in [0.2, 0.25) is 5.91 Å². The van der Waals surface area contributed by atoms with Crippen LogP contribution in [0.2, 0.25) is 0 Å². The van der Waals surface area contributed by atoms with Crippen LogP contribution in [0.3, 0.4) is 0 Å². The minimum absolute atomic E-state index is 0.0568. The zero-order chi connectivity index (χ0) is 24.1. The van der Waals surface area contributed by atoms with Crippen LogP contribution in [-0.2, 0) is 17.6 Å². The maximum absolute atomic E-state index is 13.6. The second kappa shape index (κ2) is 8.52. The van der Waals surface area contributed by atoms with Gasteiger partial charge in [-0.1, -0.05) is 17.7 Å². The topological polar surface area (TPSA) is 95.6 Å². The van der Waals surface area contributed by atoms with Crippen LogP contribution < -0.4 is 10.3 Å². The molecule has 6 rings (SSSR count). The molecular weight excluding hydrogens is 444 g/mol. The smallest absolute Gasteiger partial charge is 0.272 e. The first kappa shape index (κ1) is 21.8. The van der Waals surface area contributed by atoms with Crippen LogP contribution in [0, 0.1) is 12.8 Å². The first-order valence-electron chi connectivity index (χ1n) is 12.3. The van der Waals surface area contributed by atoms with Crippen molar-refractivity contribution in [2.24, 2.45) is 5.92 Å². The van der Waals surface area contributed by atoms with Crippen molar-refractivity contribution >= 4 is 22.6 Å². The van der Waals surface area contributed by atoms with Crippen molar-refractivity contribution in [2.45, 2.75) is 32.6 Å². The predicted molar refractivity (Wildman–Crippen MR) is 131 cm³/mol. The van der Waals surface area contributed by atoms with Crippen LogP contribution in [0.1, 0.15) is 45.6 Å². The second-order valence-corrected chi connectivity index (χ2v) is 9.85. The number of ether oxygens (including phenoxy) is 1. The van der Waals surface area contributed by atoms with Gasteiger partial charge in [0, 0.05) is 50.3 Å². The third-order valence-corrected chi connectivity index (χ3v) is 7.27. The van der Waals surface area contributed by atoms with Gasteiger partial charge in [-0.25, -0.2) is 5.10 Å². The lowest BCUT2D eigenvalue weighted by atomic mass is 9.97. The molecule has 3 aliphatic rings. The van der Waals surface area contributed by atoms with Gasteiger partial charge in [0.1, 0.15) is 5.75 Å². The predicted octanol–water partition coefficient (Wildman–Crippen LogP) is 2.45. The van der Waals surface area contributed by atoms with E-state index in [1.165, 1.54) is 0 Å². The van der Waals surface area contributed by atoms with E-state index < -0.39 is 0 Å². The Labute approximate surface area is 202 Å². The van der Waals surface area contributed by atoms with Crippen LogP contribution in [0.25, 0.3) is 10.8 Å². The number of benzene rings is 2. The Kier molecular flexibility index (Phi) is 5.31. The number of carbonyl (C=O) groups excluding carboxylic acids is 2. The number of amides is 2. The summed E-state index contributed by atoms with van der Waals surface area (Å²) in [5.41, 5.74) is 4.18. The average Bonchev–Trinajstić information content (AvgIpc) is 3.61. The number of aryl methyl sites for hydroxylation is 1. The molecule has 2 aromatic carbocycles. The van der Waals surface area contributed by atoms with E-state index in [0.29, 0.717) is 55.9 Å². The Morgan fingerprint density at radius 2 is 1.83 bits per heavy atom. The van der Waals surface area contributed by atoms with Crippen LogP contribution in [0.15, 0.2) is 35.1 Å². The lowest BCUT2D eigenvalue weighted by molar-refractivity contribution is -0.134. The Bertz CT molecular complexity index is 1400. The van der Waals surface area contributed by atoms with E-state index in [4.69, 9.17) is 4.74 Å². The van der Waals surface area contributed by atoms with Crippen molar-refractivity contribution in [1.82, 2.24) is 20.0 Å². The number of aromatic nitrogens is 2. The molecule has 1 saturated carbocycles. The zero-order valence-corrected chi connectivity index (χ0v) is 19.8. The van der Waals surface area contributed by atoms with Gasteiger partial charge in [-0.05, 0) is 49.1 Å². The van der Waals surface area contributed by atoms with Gasteiger partial charge in [0.25, 0.3) is 11.5 Å². The van der Waals surface area contributed by atoms with Gasteiger partial charge in [-0.15, -0.1) is 0 Å². The summed E-state index contributed by atoms with van der Waals surface area (Å²) in [7, 11) is 0. The molecular formula is C27H28N4O4. The molecule has 1 aliphatic carbocycles. The number of nitrogens with zero attached hydrogens (tertiary/aromatic N) is 3. The quantitative estimate of drug-likeness (QED) is 0.629. The van der Waals surface area contributed by atoms with E-state index >= 15 is 0 Å². The van der Waals surface area contributed by atoms with E-state index in [2.05, 4.69) is 16.3 Å². The number of aromatic amines is 1. The molecule has 1 aromatic heterocycles. The molecule has 8 heteroatoms. The summed E-state index contributed by atoms with van der Waals surface area (Å²) in [6.45, 7) is 4.77. The minimum atomic E-state index is -0.207. The number of hydrogen-bond donors (Lipinski definition) is 1. The summed E-state index contributed by atoms with van der Waals surface area (Å²) in [5, 5.41) is 8.39. The van der Waals surface area contributed by atoms with Gasteiger partial charge < -0.3 is 14.5 Å². The van der Waals surface area contributed by atoms with Crippen molar-refractivity contribution in [3.05, 3.63) is 68.6 Å². The number of rotatable bonds is 4. The molecule has 1 N–H and O–H groups in total. The van der Waals surface area contributed by atoms with E-state index in [-0.39, 0.29) is 23.3 Å². The number of piperazine rings is 1. The van der Waals surface area contributed by atoms with E-state index in [1.54, 1.807) is 0 Å². The molecule has 0 unspecified atom stereocenters. The summed E-state index contributed by atoms with van der Waals surface area (Å²) in [5.74, 6) is 1.05. The van der Waals surface area contributed by atoms with Gasteiger partial charge >= 0.3 is 0 Å². The Balaban J connectivity index is 1.28. The summed E-state index contributed by atoms with van der Waals surface area (Å²) in [6.07, 6.45) is 3.24. The molecule has 1 saturated heterocycles. The number of nitrogens with one attached hydrogen (secondary N) is 1. The van der Waals surface area contributed by atoms with Crippen molar-refractivity contribution in [3.8, 4) is 5.75 Å². The highest BCUT2D eigenvalue weighted by Gasteiger charge is 2.36. The summed E-state index contributed by atoms with van der Waals surface area (Å²) in [6, 6.07) is 9.72. The number of H-pyrrole nitrogens is 1. The Morgan fingerprint density at radius 3 is 2.60 bits per heavy atom. The van der Waals surface area contributed by atoms with Crippen molar-refractivity contribution in [1.29, 1.82) is 0 Å². The van der Waals surface area contributed by atoms with Crippen molar-refractivity contribution < 1.29 is 14.3 Å². The van der Waals surface area contributed by atoms with Crippen molar-refractivity contribution in [2.75, 3.05) is 32.8 Å². The minimum Gasteiger partial charge on any atom is -0.492 e. The van der Waals surface area contributed by atoms with Crippen molar-refractivity contribution in [3.63, 3.8) is 0 Å². The molecule has 35 heavy (non-hydrogen) atoms. The lowest BCUT2D eigenvalue weighted by Crippen LogP contribution is -2.51. The summed E-state index contributed by atoms with van der Waals surface area (Å²) < 4.78 is 5.87. The molecule has 0 bridgehead atoms. The third-order valence-electron chi connectivity index (χ3n) is 7.27. The largest absolute Gasteiger partial charge is 0.492 e. The molecule has 3 aromatic rings. The number of hydrogen-bond acceptors (Lipinski definition) is 5. The average molecular weight is 473 g/mol. The SMILES string of the molecule is Cc1ccc2c(=O)[nH]nc(Cc3cc4c(c(C(=O)N5CCN(C(=O)C6CC6)CC5)c3)OCC4)c2c1. The molecule has 3 heterocycles. The van der Waals surface area contributed by atoms with Crippen LogP contribution in [-0.4, -0.2) is 64.6 Å². The highest BCUT2D eigenvalue weighted by atomic mass is 16.5. The highest BCUT2D eigenvalue weighted by Crippen LogP contribution is 2.34. The third kappa shape index (κ3) is 4.07. The lowest BCUT2D eigenvalue weighted by Gasteiger charge is -2.35. The molecule has 2 aliphatic heterocycles. The summed E-state index contributed by atoms with van der Waals surface area (Å²) >= 11 is 0. The maximum atomic E-state index is 13.6. The van der Waals surface area contributed by atoms with Crippen LogP contribution >= 0.6 is 0 Å². The molecule has 8 nitrogen and oxygen atoms in total. The Morgan fingerprint density at radius 1 is 1.06 bits per heavy atom. The van der Waals surface area contributed by atoms with E-state index in [1.807, 2.05) is 41.0 Å². The molecule has 2 fully saturated rings. The first-order valence-corrected chi connectivity index (χ1v) is 12.3. The highest BCUT2D eigenvalue weighted by molar-refractivity contribution is 5.98. The fourth-order valence-corrected chi connectivity index (χ4v) is 5.19. The standard InChI is InChI=1S/C27H28N4O4/c1-16-2-5-20-21(12-16)23(28-29-25(20)32)15-17-13-19-6-11-35-24(19)22(14-17)27(34)31-9-7-30(8-10-31)26(33)18-3-4-18/h2,5,12-14,18H,3-4,6-11,15H2,1H3,(H,29,32). The molecule has 0 atom stereocenters. The maximum Gasteiger partial charge on any atom is 0.272 e. The summed E-state index contributed by atoms with van der Waals surface area (Å²) in [4.78, 5) is 41.9. The first-order chi connectivity index (χ1) is 17.0. The monoisotopic (exact) mass is 472 g/mol. The number of carbonyl (C=O) groups is 2. The zero-order valence-electron chi connectivity index (χ0n) is 19.8. The van der Waals surface area contributed by atoms with Crippen LogP contribution in [0.4, 0.5) is 0 Å². The van der Waals surface area contributed by atoms with Gasteiger partial charge in [-0.3, -0.25) is 14.4 Å². The fraction of sp³-hybridized carbons (Fsp3) is 0.407. The van der Waals surface area contributed by atoms with Gasteiger partial charge in [0.05, 0.1) is 23.3 Å². The normalized spacial score (nSPS) is 17.4. The molecule has 180 valence electrons. The molecule has 0 radical (unpaired) electrons. The van der Waals surface area contributed by atoms with Crippen LogP contribution in [0.5, 0.6) is 5.75 Å². The van der Waals surface area contributed by atoms with E-state index in [0.717, 1.165) is 47.0 Å². The molecule has 2 amide bonds. The van der Waals surface area contributed by atoms with Gasteiger partial charge in [-0.2, -0.15) is 5.10 Å². The van der Waals surface area contributed by atoms with Gasteiger partial charge in [0.15, 0.2) is 0 Å². The second-order valence-electron chi connectivity index (χ2n) is 9.85. The fourth-order valence-electron chi connectivity index (χ4n) is 5.19. The Hall–Kier alpha value is -3.68. The van der Waals surface area contributed by atoms with E-state index in [9.17, 15) is 14.4 Å².